The van der Waals surface area contributed by atoms with Gasteiger partial charge < -0.3 is 10.8 Å². The van der Waals surface area contributed by atoms with Crippen molar-refractivity contribution >= 4 is 23.4 Å². The number of nitrogens with two attached hydrogens (primary N) is 1. The summed E-state index contributed by atoms with van der Waals surface area (Å²) in [4.78, 5) is 11.5. The Labute approximate surface area is 112 Å². The Morgan fingerprint density at radius 2 is 1.89 bits per heavy atom. The second kappa shape index (κ2) is 5.27. The van der Waals surface area contributed by atoms with E-state index >= 15 is 0 Å². The normalized spacial score (nSPS) is 10.4. The van der Waals surface area contributed by atoms with E-state index in [0.717, 1.165) is 23.9 Å². The predicted octanol–water partition coefficient (Wildman–Crippen LogP) is 3.40. The number of anilines is 1. The van der Waals surface area contributed by atoms with Gasteiger partial charge in [0, 0.05) is 15.9 Å². The minimum atomic E-state index is -1.15. The first-order chi connectivity index (χ1) is 8.99. The molecule has 0 fully saturated rings. The van der Waals surface area contributed by atoms with Crippen LogP contribution in [0.25, 0.3) is 0 Å². The average molecular weight is 281 g/mol. The van der Waals surface area contributed by atoms with Gasteiger partial charge in [-0.25, -0.2) is 13.6 Å². The number of para-hydroxylation sites is 1. The zero-order valence-electron chi connectivity index (χ0n) is 9.56. The van der Waals surface area contributed by atoms with Crippen LogP contribution >= 0.6 is 11.8 Å². The molecule has 0 spiro atoms. The molecule has 0 aliphatic rings. The molecule has 3 N–H and O–H groups in total. The molecule has 0 heterocycles. The van der Waals surface area contributed by atoms with Crippen LogP contribution in [0.1, 0.15) is 10.4 Å². The van der Waals surface area contributed by atoms with Crippen molar-refractivity contribution in [2.45, 2.75) is 9.79 Å². The van der Waals surface area contributed by atoms with E-state index in [1.165, 1.54) is 18.2 Å². The van der Waals surface area contributed by atoms with Gasteiger partial charge in [-0.2, -0.15) is 0 Å². The number of hydrogen-bond donors (Lipinski definition) is 2. The number of carboxylic acid groups (broad SMARTS) is 1. The zero-order chi connectivity index (χ0) is 14.0. The van der Waals surface area contributed by atoms with Crippen LogP contribution in [0.3, 0.4) is 0 Å². The van der Waals surface area contributed by atoms with Gasteiger partial charge in [0.15, 0.2) is 0 Å². The van der Waals surface area contributed by atoms with E-state index in [1.807, 2.05) is 0 Å². The third kappa shape index (κ3) is 2.85. The molecule has 19 heavy (non-hydrogen) atoms. The molecule has 0 saturated carbocycles. The SMILES string of the molecule is Nc1c(Sc2ccc(F)cc2F)cccc1C(=O)O. The van der Waals surface area contributed by atoms with Crippen LogP contribution < -0.4 is 5.73 Å². The summed E-state index contributed by atoms with van der Waals surface area (Å²) in [7, 11) is 0. The smallest absolute Gasteiger partial charge is 0.337 e. The van der Waals surface area contributed by atoms with Crippen LogP contribution in [-0.4, -0.2) is 11.1 Å². The summed E-state index contributed by atoms with van der Waals surface area (Å²) < 4.78 is 26.3. The van der Waals surface area contributed by atoms with E-state index in [1.54, 1.807) is 6.07 Å². The van der Waals surface area contributed by atoms with E-state index in [-0.39, 0.29) is 16.1 Å². The molecule has 0 atom stereocenters. The minimum absolute atomic E-state index is 0.0486. The van der Waals surface area contributed by atoms with Gasteiger partial charge in [0.2, 0.25) is 0 Å². The maximum atomic E-state index is 13.5. The number of carbonyl (C=O) groups is 1. The molecule has 0 aliphatic carbocycles. The Morgan fingerprint density at radius 3 is 2.53 bits per heavy atom. The van der Waals surface area contributed by atoms with Gasteiger partial charge in [0.05, 0.1) is 11.3 Å². The number of benzene rings is 2. The first-order valence-electron chi connectivity index (χ1n) is 5.23. The quantitative estimate of drug-likeness (QED) is 0.846. The fourth-order valence-electron chi connectivity index (χ4n) is 1.50. The molecule has 0 unspecified atom stereocenters. The van der Waals surface area contributed by atoms with Crippen molar-refractivity contribution in [1.29, 1.82) is 0 Å². The lowest BCUT2D eigenvalue weighted by Gasteiger charge is -2.08. The van der Waals surface area contributed by atoms with E-state index in [4.69, 9.17) is 10.8 Å². The van der Waals surface area contributed by atoms with Crippen LogP contribution in [0.15, 0.2) is 46.2 Å². The van der Waals surface area contributed by atoms with E-state index in [9.17, 15) is 13.6 Å². The fourth-order valence-corrected chi connectivity index (χ4v) is 2.39. The highest BCUT2D eigenvalue weighted by atomic mass is 32.2. The van der Waals surface area contributed by atoms with Crippen LogP contribution in [0.5, 0.6) is 0 Å². The van der Waals surface area contributed by atoms with Gasteiger partial charge in [-0.15, -0.1) is 0 Å². The Bertz CT molecular complexity index is 647. The van der Waals surface area contributed by atoms with Crippen LogP contribution in [-0.2, 0) is 0 Å². The van der Waals surface area contributed by atoms with Gasteiger partial charge in [0.1, 0.15) is 11.6 Å². The van der Waals surface area contributed by atoms with Crippen molar-refractivity contribution in [3.05, 3.63) is 53.6 Å². The zero-order valence-corrected chi connectivity index (χ0v) is 10.4. The van der Waals surface area contributed by atoms with Gasteiger partial charge in [0.25, 0.3) is 0 Å². The fraction of sp³-hybridized carbons (Fsp3) is 0. The molecule has 98 valence electrons. The van der Waals surface area contributed by atoms with Crippen molar-refractivity contribution in [3.8, 4) is 0 Å². The first-order valence-corrected chi connectivity index (χ1v) is 6.05. The van der Waals surface area contributed by atoms with Crippen LogP contribution in [0, 0.1) is 11.6 Å². The molecule has 0 radical (unpaired) electrons. The number of rotatable bonds is 3. The Hall–Kier alpha value is -2.08. The number of halogens is 2. The highest BCUT2D eigenvalue weighted by Crippen LogP contribution is 2.35. The summed E-state index contributed by atoms with van der Waals surface area (Å²) in [5.41, 5.74) is 5.72. The molecule has 0 amide bonds. The third-order valence-electron chi connectivity index (χ3n) is 2.41. The van der Waals surface area contributed by atoms with Gasteiger partial charge in [-0.3, -0.25) is 0 Å². The standard InChI is InChI=1S/C13H9F2NO2S/c14-7-4-5-10(9(15)6-7)19-11-3-1-2-8(12(11)16)13(17)18/h1-6H,16H2,(H,17,18). The lowest BCUT2D eigenvalue weighted by atomic mass is 10.2. The number of nitrogen functional groups attached to an aromatic ring is 1. The molecule has 6 heteroatoms. The molecule has 0 aliphatic heterocycles. The summed E-state index contributed by atoms with van der Waals surface area (Å²) in [6.45, 7) is 0. The molecule has 2 rings (SSSR count). The highest BCUT2D eigenvalue weighted by Gasteiger charge is 2.13. The maximum Gasteiger partial charge on any atom is 0.337 e. The van der Waals surface area contributed by atoms with Crippen molar-refractivity contribution < 1.29 is 18.7 Å². The van der Waals surface area contributed by atoms with Crippen molar-refractivity contribution in [1.82, 2.24) is 0 Å². The summed E-state index contributed by atoms with van der Waals surface area (Å²) in [6, 6.07) is 7.63. The predicted molar refractivity (Wildman–Crippen MR) is 68.3 cm³/mol. The molecule has 0 aromatic heterocycles. The second-order valence-corrected chi connectivity index (χ2v) is 4.78. The number of hydrogen-bond acceptors (Lipinski definition) is 3. The minimum Gasteiger partial charge on any atom is -0.478 e. The molecule has 0 saturated heterocycles. The van der Waals surface area contributed by atoms with Crippen molar-refractivity contribution in [3.63, 3.8) is 0 Å². The van der Waals surface area contributed by atoms with Crippen molar-refractivity contribution in [2.24, 2.45) is 0 Å². The van der Waals surface area contributed by atoms with Crippen molar-refractivity contribution in [2.75, 3.05) is 5.73 Å². The Morgan fingerprint density at radius 1 is 1.16 bits per heavy atom. The molecule has 3 nitrogen and oxygen atoms in total. The molecular formula is C13H9F2NO2S. The molecule has 0 bridgehead atoms. The lowest BCUT2D eigenvalue weighted by Crippen LogP contribution is -2.03. The van der Waals surface area contributed by atoms with E-state index in [2.05, 4.69) is 0 Å². The monoisotopic (exact) mass is 281 g/mol. The van der Waals surface area contributed by atoms with E-state index in [0.29, 0.717) is 4.90 Å². The van der Waals surface area contributed by atoms with Gasteiger partial charge in [-0.1, -0.05) is 17.8 Å². The second-order valence-electron chi connectivity index (χ2n) is 3.70. The lowest BCUT2D eigenvalue weighted by molar-refractivity contribution is 0.0698. The topological polar surface area (TPSA) is 63.3 Å². The molecular weight excluding hydrogens is 272 g/mol. The first kappa shape index (κ1) is 13.4. The largest absolute Gasteiger partial charge is 0.478 e. The Balaban J connectivity index is 2.38. The van der Waals surface area contributed by atoms with Crippen LogP contribution in [0.4, 0.5) is 14.5 Å². The average Bonchev–Trinajstić information content (AvgIpc) is 2.34. The summed E-state index contributed by atoms with van der Waals surface area (Å²) in [6.07, 6.45) is 0. The van der Waals surface area contributed by atoms with E-state index < -0.39 is 17.6 Å². The van der Waals surface area contributed by atoms with Gasteiger partial charge in [-0.05, 0) is 24.3 Å². The van der Waals surface area contributed by atoms with Gasteiger partial charge >= 0.3 is 5.97 Å². The van der Waals surface area contributed by atoms with Crippen LogP contribution in [0.2, 0.25) is 0 Å². The number of carboxylic acids is 1. The summed E-state index contributed by atoms with van der Waals surface area (Å²) >= 11 is 0.951. The Kier molecular flexibility index (Phi) is 3.71. The molecule has 2 aromatic carbocycles. The molecule has 2 aromatic rings. The number of aromatic carboxylic acids is 1. The summed E-state index contributed by atoms with van der Waals surface area (Å²) in [5.74, 6) is -2.54. The third-order valence-corrected chi connectivity index (χ3v) is 3.54. The highest BCUT2D eigenvalue weighted by molar-refractivity contribution is 7.99. The maximum absolute atomic E-state index is 13.5. The summed E-state index contributed by atoms with van der Waals surface area (Å²) in [5, 5.41) is 8.93.